The van der Waals surface area contributed by atoms with Gasteiger partial charge < -0.3 is 9.47 Å². The molecule has 2 aliphatic heterocycles. The van der Waals surface area contributed by atoms with Crippen molar-refractivity contribution < 1.29 is 9.47 Å². The first-order chi connectivity index (χ1) is 10.7. The lowest BCUT2D eigenvalue weighted by Crippen LogP contribution is -2.52. The number of hydrogen-bond acceptors (Lipinski definition) is 2. The minimum absolute atomic E-state index is 0.0469. The zero-order valence-corrected chi connectivity index (χ0v) is 15.6. The average molecular weight is 355 g/mol. The molecule has 0 unspecified atom stereocenters. The molecule has 3 aliphatic rings. The summed E-state index contributed by atoms with van der Waals surface area (Å²) < 4.78 is 12.3. The molecule has 0 radical (unpaired) electrons. The van der Waals surface area contributed by atoms with Crippen LogP contribution in [-0.4, -0.2) is 15.5 Å². The van der Waals surface area contributed by atoms with Crippen LogP contribution in [0.15, 0.2) is 24.3 Å². The van der Waals surface area contributed by atoms with Crippen LogP contribution in [-0.2, 0) is 4.74 Å². The molecule has 1 aromatic carbocycles. The molecule has 0 spiro atoms. The molecule has 1 aromatic rings. The van der Waals surface area contributed by atoms with Crippen LogP contribution >= 0.6 is 23.2 Å². The number of para-hydroxylation sites is 1. The Kier molecular flexibility index (Phi) is 3.35. The highest BCUT2D eigenvalue weighted by molar-refractivity contribution is 6.51. The maximum atomic E-state index is 6.72. The number of hydrogen-bond donors (Lipinski definition) is 0. The standard InChI is InChI=1S/C19H24Cl2O2/c1-11-16(19(11,20)21)18(4)10-9-13-15(23-18)12-7-5-6-8-14(12)22-17(13,2)3/h5-8,11,13,15-16H,9-10H2,1-4H3/t11-,13-,15+,16+,18+/m1/s1. The van der Waals surface area contributed by atoms with E-state index < -0.39 is 4.33 Å². The molecule has 4 rings (SSSR count). The molecule has 1 saturated carbocycles. The molecule has 2 heterocycles. The summed E-state index contributed by atoms with van der Waals surface area (Å²) in [5, 5.41) is 0. The van der Waals surface area contributed by atoms with Gasteiger partial charge in [0.15, 0.2) is 0 Å². The van der Waals surface area contributed by atoms with Crippen LogP contribution in [0.1, 0.15) is 52.2 Å². The van der Waals surface area contributed by atoms with Gasteiger partial charge in [-0.05, 0) is 45.6 Å². The highest BCUT2D eigenvalue weighted by Crippen LogP contribution is 2.67. The molecule has 2 nitrogen and oxygen atoms in total. The van der Waals surface area contributed by atoms with Crippen molar-refractivity contribution >= 4 is 23.2 Å². The van der Waals surface area contributed by atoms with Gasteiger partial charge in [-0.1, -0.05) is 25.1 Å². The summed E-state index contributed by atoms with van der Waals surface area (Å²) in [7, 11) is 0. The first-order valence-corrected chi connectivity index (χ1v) is 9.26. The third kappa shape index (κ3) is 2.25. The van der Waals surface area contributed by atoms with E-state index in [-0.39, 0.29) is 29.1 Å². The van der Waals surface area contributed by atoms with Gasteiger partial charge in [-0.15, -0.1) is 23.2 Å². The highest BCUT2D eigenvalue weighted by Gasteiger charge is 2.69. The number of benzene rings is 1. The van der Waals surface area contributed by atoms with Gasteiger partial charge in [-0.25, -0.2) is 0 Å². The van der Waals surface area contributed by atoms with Crippen molar-refractivity contribution in [3.63, 3.8) is 0 Å². The molecule has 1 saturated heterocycles. The minimum Gasteiger partial charge on any atom is -0.487 e. The second kappa shape index (κ2) is 4.80. The Balaban J connectivity index is 1.71. The van der Waals surface area contributed by atoms with Crippen molar-refractivity contribution in [3.8, 4) is 5.75 Å². The molecule has 0 aromatic heterocycles. The van der Waals surface area contributed by atoms with E-state index in [0.29, 0.717) is 5.92 Å². The highest BCUT2D eigenvalue weighted by atomic mass is 35.5. The van der Waals surface area contributed by atoms with Gasteiger partial charge >= 0.3 is 0 Å². The number of halogens is 2. The number of ether oxygens (including phenoxy) is 2. The molecular weight excluding hydrogens is 331 g/mol. The third-order valence-electron chi connectivity index (χ3n) is 6.28. The summed E-state index contributed by atoms with van der Waals surface area (Å²) in [5.41, 5.74) is 0.657. The lowest BCUT2D eigenvalue weighted by atomic mass is 9.72. The van der Waals surface area contributed by atoms with E-state index in [1.54, 1.807) is 0 Å². The van der Waals surface area contributed by atoms with Gasteiger partial charge in [0.1, 0.15) is 15.7 Å². The van der Waals surface area contributed by atoms with Crippen molar-refractivity contribution in [2.24, 2.45) is 17.8 Å². The van der Waals surface area contributed by atoms with E-state index in [9.17, 15) is 0 Å². The van der Waals surface area contributed by atoms with Gasteiger partial charge in [0.2, 0.25) is 0 Å². The van der Waals surface area contributed by atoms with Gasteiger partial charge in [0, 0.05) is 17.4 Å². The fourth-order valence-corrected chi connectivity index (χ4v) is 5.79. The fraction of sp³-hybridized carbons (Fsp3) is 0.684. The van der Waals surface area contributed by atoms with Crippen LogP contribution in [0.3, 0.4) is 0 Å². The molecule has 0 amide bonds. The predicted molar refractivity (Wildman–Crippen MR) is 93.2 cm³/mol. The Bertz CT molecular complexity index is 642. The SMILES string of the molecule is C[C@@H]1[C@@H]([C@]2(C)CC[C@@H]3[C@@H](O2)c2ccccc2OC3(C)C)C1(Cl)Cl. The van der Waals surface area contributed by atoms with Crippen LogP contribution in [0.25, 0.3) is 0 Å². The molecule has 0 bridgehead atoms. The van der Waals surface area contributed by atoms with E-state index in [4.69, 9.17) is 32.7 Å². The van der Waals surface area contributed by atoms with Gasteiger partial charge in [-0.3, -0.25) is 0 Å². The van der Waals surface area contributed by atoms with Crippen molar-refractivity contribution in [1.82, 2.24) is 0 Å². The van der Waals surface area contributed by atoms with E-state index in [1.165, 1.54) is 0 Å². The molecule has 23 heavy (non-hydrogen) atoms. The largest absolute Gasteiger partial charge is 0.487 e. The van der Waals surface area contributed by atoms with Crippen molar-refractivity contribution in [1.29, 1.82) is 0 Å². The number of fused-ring (bicyclic) bond motifs is 3. The average Bonchev–Trinajstić information content (AvgIpc) is 2.97. The topological polar surface area (TPSA) is 18.5 Å². The first-order valence-electron chi connectivity index (χ1n) is 8.50. The Morgan fingerprint density at radius 2 is 1.78 bits per heavy atom. The van der Waals surface area contributed by atoms with Crippen molar-refractivity contribution in [3.05, 3.63) is 29.8 Å². The molecule has 0 N–H and O–H groups in total. The fourth-order valence-electron chi connectivity index (χ4n) is 4.83. The van der Waals surface area contributed by atoms with Crippen LogP contribution in [0.4, 0.5) is 0 Å². The zero-order valence-electron chi connectivity index (χ0n) is 14.1. The lowest BCUT2D eigenvalue weighted by Gasteiger charge is -2.52. The van der Waals surface area contributed by atoms with Crippen LogP contribution in [0, 0.1) is 17.8 Å². The monoisotopic (exact) mass is 354 g/mol. The molecule has 1 aliphatic carbocycles. The number of rotatable bonds is 1. The Hall–Kier alpha value is -0.440. The Morgan fingerprint density at radius 1 is 1.13 bits per heavy atom. The molecular formula is C19H24Cl2O2. The summed E-state index contributed by atoms with van der Waals surface area (Å²) >= 11 is 12.9. The second-order valence-electron chi connectivity index (χ2n) is 8.18. The van der Waals surface area contributed by atoms with Crippen LogP contribution in [0.2, 0.25) is 0 Å². The van der Waals surface area contributed by atoms with Gasteiger partial charge in [-0.2, -0.15) is 0 Å². The van der Waals surface area contributed by atoms with Gasteiger partial charge in [0.05, 0.1) is 11.7 Å². The minimum atomic E-state index is -0.651. The van der Waals surface area contributed by atoms with Crippen molar-refractivity contribution in [2.45, 2.75) is 62.2 Å². The van der Waals surface area contributed by atoms with E-state index in [1.807, 2.05) is 12.1 Å². The smallest absolute Gasteiger partial charge is 0.127 e. The maximum Gasteiger partial charge on any atom is 0.127 e. The molecule has 5 atom stereocenters. The molecule has 4 heteroatoms. The zero-order chi connectivity index (χ0) is 16.6. The predicted octanol–water partition coefficient (Wildman–Crippen LogP) is 5.52. The summed E-state index contributed by atoms with van der Waals surface area (Å²) in [6.45, 7) is 8.63. The van der Waals surface area contributed by atoms with E-state index in [2.05, 4.69) is 39.8 Å². The summed E-state index contributed by atoms with van der Waals surface area (Å²) in [4.78, 5) is 0. The molecule has 2 fully saturated rings. The maximum absolute atomic E-state index is 6.72. The summed E-state index contributed by atoms with van der Waals surface area (Å²) in [5.74, 6) is 1.75. The Labute approximate surface area is 148 Å². The summed E-state index contributed by atoms with van der Waals surface area (Å²) in [6, 6.07) is 8.23. The Morgan fingerprint density at radius 3 is 2.43 bits per heavy atom. The second-order valence-corrected chi connectivity index (χ2v) is 9.62. The van der Waals surface area contributed by atoms with Crippen LogP contribution in [0.5, 0.6) is 5.75 Å². The van der Waals surface area contributed by atoms with E-state index >= 15 is 0 Å². The van der Waals surface area contributed by atoms with E-state index in [0.717, 1.165) is 24.2 Å². The normalized spacial score (nSPS) is 43.0. The van der Waals surface area contributed by atoms with Gasteiger partial charge in [0.25, 0.3) is 0 Å². The first kappa shape index (κ1) is 16.1. The van der Waals surface area contributed by atoms with Crippen LogP contribution < -0.4 is 4.74 Å². The third-order valence-corrected chi connectivity index (χ3v) is 7.43. The molecule has 126 valence electrons. The van der Waals surface area contributed by atoms with Crippen molar-refractivity contribution in [2.75, 3.05) is 0 Å². The lowest BCUT2D eigenvalue weighted by molar-refractivity contribution is -0.199. The number of alkyl halides is 2. The summed E-state index contributed by atoms with van der Waals surface area (Å²) in [6.07, 6.45) is 2.08. The quantitative estimate of drug-likeness (QED) is 0.617.